The van der Waals surface area contributed by atoms with Crippen molar-refractivity contribution >= 4 is 5.91 Å². The van der Waals surface area contributed by atoms with Gasteiger partial charge in [-0.3, -0.25) is 4.79 Å². The Labute approximate surface area is 84.6 Å². The number of hydrogen-bond donors (Lipinski definition) is 1. The third-order valence-corrected chi connectivity index (χ3v) is 3.05. The molecule has 2 saturated heterocycles. The summed E-state index contributed by atoms with van der Waals surface area (Å²) in [5.41, 5.74) is 0. The van der Waals surface area contributed by atoms with Gasteiger partial charge >= 0.3 is 0 Å². The SMILES string of the molecule is CC1COCC(C)N1C(=O)C1CNC1. The molecule has 0 aromatic rings. The average molecular weight is 198 g/mol. The molecule has 0 aromatic heterocycles. The molecule has 2 heterocycles. The Morgan fingerprint density at radius 2 is 1.86 bits per heavy atom. The Balaban J connectivity index is 2.01. The van der Waals surface area contributed by atoms with E-state index in [9.17, 15) is 4.79 Å². The predicted molar refractivity (Wildman–Crippen MR) is 52.9 cm³/mol. The molecule has 2 unspecified atom stereocenters. The average Bonchev–Trinajstić information content (AvgIpc) is 2.00. The number of nitrogens with zero attached hydrogens (tertiary/aromatic N) is 1. The van der Waals surface area contributed by atoms with Crippen molar-refractivity contribution < 1.29 is 9.53 Å². The zero-order valence-corrected chi connectivity index (χ0v) is 8.82. The van der Waals surface area contributed by atoms with Crippen molar-refractivity contribution in [1.82, 2.24) is 10.2 Å². The van der Waals surface area contributed by atoms with Gasteiger partial charge in [0.05, 0.1) is 31.2 Å². The number of ether oxygens (including phenoxy) is 1. The summed E-state index contributed by atoms with van der Waals surface area (Å²) in [5, 5.41) is 3.13. The van der Waals surface area contributed by atoms with Crippen molar-refractivity contribution in [2.24, 2.45) is 5.92 Å². The van der Waals surface area contributed by atoms with Crippen molar-refractivity contribution in [2.75, 3.05) is 26.3 Å². The fraction of sp³-hybridized carbons (Fsp3) is 0.900. The van der Waals surface area contributed by atoms with Crippen LogP contribution in [0.2, 0.25) is 0 Å². The first-order chi connectivity index (χ1) is 6.70. The smallest absolute Gasteiger partial charge is 0.228 e. The summed E-state index contributed by atoms with van der Waals surface area (Å²) in [6.07, 6.45) is 0. The molecule has 80 valence electrons. The molecule has 2 rings (SSSR count). The van der Waals surface area contributed by atoms with Gasteiger partial charge in [-0.05, 0) is 13.8 Å². The Hall–Kier alpha value is -0.610. The molecule has 4 nitrogen and oxygen atoms in total. The van der Waals surface area contributed by atoms with Crippen LogP contribution in [-0.4, -0.2) is 49.2 Å². The number of amides is 1. The summed E-state index contributed by atoms with van der Waals surface area (Å²) in [4.78, 5) is 14.0. The predicted octanol–water partition coefficient (Wildman–Crippen LogP) is -0.158. The second kappa shape index (κ2) is 3.87. The Bertz CT molecular complexity index is 218. The molecule has 2 atom stereocenters. The van der Waals surface area contributed by atoms with Crippen molar-refractivity contribution in [3.05, 3.63) is 0 Å². The maximum absolute atomic E-state index is 12.0. The summed E-state index contributed by atoms with van der Waals surface area (Å²) in [6, 6.07) is 0.457. The standard InChI is InChI=1S/C10H18N2O2/c1-7-5-14-6-8(2)12(7)10(13)9-3-11-4-9/h7-9,11H,3-6H2,1-2H3. The molecular weight excluding hydrogens is 180 g/mol. The van der Waals surface area contributed by atoms with Crippen LogP contribution in [0, 0.1) is 5.92 Å². The lowest BCUT2D eigenvalue weighted by Crippen LogP contribution is -2.59. The van der Waals surface area contributed by atoms with Crippen LogP contribution in [0.4, 0.5) is 0 Å². The summed E-state index contributed by atoms with van der Waals surface area (Å²) in [5.74, 6) is 0.505. The second-order valence-corrected chi connectivity index (χ2v) is 4.34. The van der Waals surface area contributed by atoms with Gasteiger partial charge in [-0.15, -0.1) is 0 Å². The Kier molecular flexibility index (Phi) is 2.74. The van der Waals surface area contributed by atoms with Crippen LogP contribution in [0.1, 0.15) is 13.8 Å². The minimum Gasteiger partial charge on any atom is -0.377 e. The number of morpholine rings is 1. The Morgan fingerprint density at radius 1 is 1.29 bits per heavy atom. The highest BCUT2D eigenvalue weighted by Crippen LogP contribution is 2.18. The zero-order valence-electron chi connectivity index (χ0n) is 8.82. The third-order valence-electron chi connectivity index (χ3n) is 3.05. The van der Waals surface area contributed by atoms with E-state index in [2.05, 4.69) is 19.2 Å². The lowest BCUT2D eigenvalue weighted by molar-refractivity contribution is -0.150. The molecular formula is C10H18N2O2. The van der Waals surface area contributed by atoms with Crippen LogP contribution in [-0.2, 0) is 9.53 Å². The van der Waals surface area contributed by atoms with Crippen LogP contribution in [0.15, 0.2) is 0 Å². The van der Waals surface area contributed by atoms with Gasteiger partial charge in [0.15, 0.2) is 0 Å². The highest BCUT2D eigenvalue weighted by Gasteiger charge is 2.36. The lowest BCUT2D eigenvalue weighted by Gasteiger charge is -2.42. The molecule has 1 amide bonds. The van der Waals surface area contributed by atoms with Gasteiger partial charge < -0.3 is 15.0 Å². The van der Waals surface area contributed by atoms with E-state index < -0.39 is 0 Å². The molecule has 0 aliphatic carbocycles. The van der Waals surface area contributed by atoms with Crippen LogP contribution in [0.25, 0.3) is 0 Å². The molecule has 2 aliphatic rings. The molecule has 0 spiro atoms. The van der Waals surface area contributed by atoms with Crippen molar-refractivity contribution in [3.63, 3.8) is 0 Å². The fourth-order valence-electron chi connectivity index (χ4n) is 2.11. The maximum atomic E-state index is 12.0. The zero-order chi connectivity index (χ0) is 10.1. The quantitative estimate of drug-likeness (QED) is 0.636. The van der Waals surface area contributed by atoms with Gasteiger partial charge in [-0.1, -0.05) is 0 Å². The van der Waals surface area contributed by atoms with Gasteiger partial charge in [0.1, 0.15) is 0 Å². The summed E-state index contributed by atoms with van der Waals surface area (Å²) in [7, 11) is 0. The topological polar surface area (TPSA) is 41.6 Å². The number of rotatable bonds is 1. The van der Waals surface area contributed by atoms with E-state index in [0.717, 1.165) is 13.1 Å². The van der Waals surface area contributed by atoms with E-state index in [1.165, 1.54) is 0 Å². The normalized spacial score (nSPS) is 34.0. The van der Waals surface area contributed by atoms with E-state index in [4.69, 9.17) is 4.74 Å². The lowest BCUT2D eigenvalue weighted by atomic mass is 9.99. The first-order valence-electron chi connectivity index (χ1n) is 5.30. The largest absolute Gasteiger partial charge is 0.377 e. The minimum atomic E-state index is 0.206. The first kappa shape index (κ1) is 9.93. The summed E-state index contributed by atoms with van der Waals surface area (Å²) >= 11 is 0. The molecule has 0 saturated carbocycles. The van der Waals surface area contributed by atoms with Crippen LogP contribution in [0.3, 0.4) is 0 Å². The van der Waals surface area contributed by atoms with E-state index in [-0.39, 0.29) is 18.0 Å². The van der Waals surface area contributed by atoms with Gasteiger partial charge in [-0.2, -0.15) is 0 Å². The minimum absolute atomic E-state index is 0.206. The third kappa shape index (κ3) is 1.64. The van der Waals surface area contributed by atoms with Crippen LogP contribution >= 0.6 is 0 Å². The van der Waals surface area contributed by atoms with Gasteiger partial charge in [-0.25, -0.2) is 0 Å². The Morgan fingerprint density at radius 3 is 2.29 bits per heavy atom. The molecule has 2 fully saturated rings. The fourth-order valence-corrected chi connectivity index (χ4v) is 2.11. The highest BCUT2D eigenvalue weighted by atomic mass is 16.5. The number of nitrogens with one attached hydrogen (secondary N) is 1. The summed E-state index contributed by atoms with van der Waals surface area (Å²) < 4.78 is 5.40. The number of carbonyl (C=O) groups excluding carboxylic acids is 1. The van der Waals surface area contributed by atoms with Crippen LogP contribution < -0.4 is 5.32 Å². The van der Waals surface area contributed by atoms with Gasteiger partial charge in [0, 0.05) is 13.1 Å². The summed E-state index contributed by atoms with van der Waals surface area (Å²) in [6.45, 7) is 7.15. The van der Waals surface area contributed by atoms with Crippen molar-refractivity contribution in [2.45, 2.75) is 25.9 Å². The van der Waals surface area contributed by atoms with E-state index in [1.54, 1.807) is 0 Å². The molecule has 0 radical (unpaired) electrons. The molecule has 4 heteroatoms. The van der Waals surface area contributed by atoms with E-state index >= 15 is 0 Å². The maximum Gasteiger partial charge on any atom is 0.228 e. The number of carbonyl (C=O) groups is 1. The number of hydrogen-bond acceptors (Lipinski definition) is 3. The molecule has 0 aromatic carbocycles. The monoisotopic (exact) mass is 198 g/mol. The first-order valence-corrected chi connectivity index (χ1v) is 5.30. The molecule has 1 N–H and O–H groups in total. The molecule has 14 heavy (non-hydrogen) atoms. The highest BCUT2D eigenvalue weighted by molar-refractivity contribution is 5.81. The van der Waals surface area contributed by atoms with Gasteiger partial charge in [0.25, 0.3) is 0 Å². The van der Waals surface area contributed by atoms with Crippen molar-refractivity contribution in [1.29, 1.82) is 0 Å². The van der Waals surface area contributed by atoms with Crippen LogP contribution in [0.5, 0.6) is 0 Å². The van der Waals surface area contributed by atoms with E-state index in [1.807, 2.05) is 4.90 Å². The van der Waals surface area contributed by atoms with E-state index in [0.29, 0.717) is 19.1 Å². The molecule has 0 bridgehead atoms. The van der Waals surface area contributed by atoms with Crippen molar-refractivity contribution in [3.8, 4) is 0 Å². The molecule has 2 aliphatic heterocycles. The second-order valence-electron chi connectivity index (χ2n) is 4.34. The van der Waals surface area contributed by atoms with Gasteiger partial charge in [0.2, 0.25) is 5.91 Å².